The van der Waals surface area contributed by atoms with E-state index in [4.69, 9.17) is 15.2 Å². The molecule has 1 amide bonds. The van der Waals surface area contributed by atoms with E-state index in [0.717, 1.165) is 17.8 Å². The molecule has 0 fully saturated rings. The largest absolute Gasteiger partial charge is 0.476 e. The number of carbonyl (C=O) groups is 1. The zero-order valence-corrected chi connectivity index (χ0v) is 11.0. The number of nitrogens with zero attached hydrogens (tertiary/aromatic N) is 2. The molecule has 0 spiro atoms. The molecular weight excluding hydrogens is 246 g/mol. The molecule has 0 aromatic carbocycles. The smallest absolute Gasteiger partial charge is 0.405 e. The number of aromatic nitrogens is 1. The predicted molar refractivity (Wildman–Crippen MR) is 71.0 cm³/mol. The molecule has 0 saturated heterocycles. The van der Waals surface area contributed by atoms with E-state index in [1.54, 1.807) is 13.8 Å². The molecule has 0 unspecified atom stereocenters. The van der Waals surface area contributed by atoms with Crippen molar-refractivity contribution in [1.29, 1.82) is 0 Å². The zero-order valence-electron chi connectivity index (χ0n) is 11.0. The fourth-order valence-electron chi connectivity index (χ4n) is 1.89. The Bertz CT molecular complexity index is 512. The summed E-state index contributed by atoms with van der Waals surface area (Å²) in [5, 5.41) is 0. The summed E-state index contributed by atoms with van der Waals surface area (Å²) in [5.41, 5.74) is 5.81. The number of hydrogen-bond acceptors (Lipinski definition) is 5. The van der Waals surface area contributed by atoms with Crippen LogP contribution in [0.4, 0.5) is 10.5 Å². The van der Waals surface area contributed by atoms with Gasteiger partial charge in [-0.2, -0.15) is 0 Å². The Hall–Kier alpha value is -2.11. The Kier molecular flexibility index (Phi) is 3.69. The fourth-order valence-corrected chi connectivity index (χ4v) is 1.89. The van der Waals surface area contributed by atoms with Crippen molar-refractivity contribution in [3.8, 4) is 5.88 Å². The van der Waals surface area contributed by atoms with E-state index in [0.29, 0.717) is 18.9 Å². The van der Waals surface area contributed by atoms with E-state index in [1.165, 1.54) is 0 Å². The number of aliphatic imine (C=N–C) groups is 1. The van der Waals surface area contributed by atoms with E-state index >= 15 is 0 Å². The molecule has 2 rings (SSSR count). The molecule has 2 heterocycles. The molecule has 0 saturated carbocycles. The van der Waals surface area contributed by atoms with Crippen LogP contribution in [-0.2, 0) is 11.2 Å². The highest BCUT2D eigenvalue weighted by Gasteiger charge is 2.23. The highest BCUT2D eigenvalue weighted by Crippen LogP contribution is 2.28. The van der Waals surface area contributed by atoms with Crippen molar-refractivity contribution in [1.82, 2.24) is 4.98 Å². The minimum atomic E-state index is -0.791. The standard InChI is InChI=1S/C13H17N3O3/c1-13(2,19-12(14)17)8-9-4-5-10-11(16-9)18-7-3-6-15-10/h4-6H,3,7-8H2,1-2H3,(H2,14,17). The number of hydrogen-bond donors (Lipinski definition) is 1. The maximum absolute atomic E-state index is 10.8. The molecule has 0 radical (unpaired) electrons. The maximum atomic E-state index is 10.8. The second kappa shape index (κ2) is 5.26. The Morgan fingerprint density at radius 3 is 3.05 bits per heavy atom. The van der Waals surface area contributed by atoms with Crippen LogP contribution in [0.1, 0.15) is 26.0 Å². The summed E-state index contributed by atoms with van der Waals surface area (Å²) < 4.78 is 10.6. The molecule has 6 heteroatoms. The van der Waals surface area contributed by atoms with Crippen molar-refractivity contribution >= 4 is 18.0 Å². The van der Waals surface area contributed by atoms with Crippen LogP contribution in [0.15, 0.2) is 17.1 Å². The molecule has 1 aliphatic rings. The molecule has 19 heavy (non-hydrogen) atoms. The van der Waals surface area contributed by atoms with Crippen molar-refractivity contribution in [3.05, 3.63) is 17.8 Å². The third-order valence-corrected chi connectivity index (χ3v) is 2.60. The quantitative estimate of drug-likeness (QED) is 0.903. The van der Waals surface area contributed by atoms with Gasteiger partial charge in [-0.1, -0.05) is 0 Å². The van der Waals surface area contributed by atoms with Crippen LogP contribution in [0.3, 0.4) is 0 Å². The summed E-state index contributed by atoms with van der Waals surface area (Å²) in [6.45, 7) is 4.13. The first kappa shape index (κ1) is 13.3. The molecule has 0 bridgehead atoms. The summed E-state index contributed by atoms with van der Waals surface area (Å²) in [4.78, 5) is 19.5. The lowest BCUT2D eigenvalue weighted by molar-refractivity contribution is 0.0453. The van der Waals surface area contributed by atoms with Gasteiger partial charge < -0.3 is 15.2 Å². The van der Waals surface area contributed by atoms with Crippen LogP contribution in [0.25, 0.3) is 0 Å². The van der Waals surface area contributed by atoms with Gasteiger partial charge in [-0.05, 0) is 26.0 Å². The fraction of sp³-hybridized carbons (Fsp3) is 0.462. The van der Waals surface area contributed by atoms with E-state index in [9.17, 15) is 4.79 Å². The number of fused-ring (bicyclic) bond motifs is 1. The highest BCUT2D eigenvalue weighted by molar-refractivity contribution is 5.66. The molecule has 102 valence electrons. The van der Waals surface area contributed by atoms with Crippen molar-refractivity contribution in [2.24, 2.45) is 10.7 Å². The summed E-state index contributed by atoms with van der Waals surface area (Å²) >= 11 is 0. The van der Waals surface area contributed by atoms with Crippen LogP contribution >= 0.6 is 0 Å². The molecule has 1 aromatic rings. The molecule has 6 nitrogen and oxygen atoms in total. The van der Waals surface area contributed by atoms with Gasteiger partial charge in [-0.15, -0.1) is 0 Å². The monoisotopic (exact) mass is 263 g/mol. The third-order valence-electron chi connectivity index (χ3n) is 2.60. The predicted octanol–water partition coefficient (Wildman–Crippen LogP) is 1.98. The van der Waals surface area contributed by atoms with Crippen molar-refractivity contribution < 1.29 is 14.3 Å². The first-order valence-electron chi connectivity index (χ1n) is 6.10. The average molecular weight is 263 g/mol. The van der Waals surface area contributed by atoms with Gasteiger partial charge in [0, 0.05) is 24.8 Å². The number of amides is 1. The van der Waals surface area contributed by atoms with Crippen LogP contribution in [0, 0.1) is 0 Å². The van der Waals surface area contributed by atoms with Crippen molar-refractivity contribution in [2.75, 3.05) is 6.61 Å². The van der Waals surface area contributed by atoms with Crippen LogP contribution in [0.2, 0.25) is 0 Å². The summed E-state index contributed by atoms with van der Waals surface area (Å²) in [5.74, 6) is 0.515. The number of carbonyl (C=O) groups excluding carboxylic acids is 1. The van der Waals surface area contributed by atoms with Gasteiger partial charge in [-0.25, -0.2) is 9.78 Å². The normalized spacial score (nSPS) is 14.2. The minimum absolute atomic E-state index is 0.455. The lowest BCUT2D eigenvalue weighted by Gasteiger charge is -2.23. The molecular formula is C13H17N3O3. The first-order chi connectivity index (χ1) is 8.96. The Morgan fingerprint density at radius 1 is 1.53 bits per heavy atom. The Labute approximate surface area is 111 Å². The van der Waals surface area contributed by atoms with Gasteiger partial charge >= 0.3 is 6.09 Å². The second-order valence-electron chi connectivity index (χ2n) is 4.93. The van der Waals surface area contributed by atoms with E-state index in [-0.39, 0.29) is 0 Å². The van der Waals surface area contributed by atoms with Gasteiger partial charge in [0.25, 0.3) is 0 Å². The number of ether oxygens (including phenoxy) is 2. The second-order valence-corrected chi connectivity index (χ2v) is 4.93. The summed E-state index contributed by atoms with van der Waals surface area (Å²) in [6.07, 6.45) is 2.24. The van der Waals surface area contributed by atoms with Gasteiger partial charge in [0.1, 0.15) is 11.3 Å². The van der Waals surface area contributed by atoms with E-state index in [2.05, 4.69) is 9.98 Å². The van der Waals surface area contributed by atoms with Gasteiger partial charge in [0.2, 0.25) is 5.88 Å². The Balaban J connectivity index is 2.16. The summed E-state index contributed by atoms with van der Waals surface area (Å²) in [7, 11) is 0. The Morgan fingerprint density at radius 2 is 2.32 bits per heavy atom. The summed E-state index contributed by atoms with van der Waals surface area (Å²) in [6, 6.07) is 3.69. The van der Waals surface area contributed by atoms with E-state index < -0.39 is 11.7 Å². The van der Waals surface area contributed by atoms with E-state index in [1.807, 2.05) is 18.3 Å². The lowest BCUT2D eigenvalue weighted by atomic mass is 10.0. The molecule has 2 N–H and O–H groups in total. The van der Waals surface area contributed by atoms with Crippen LogP contribution in [0.5, 0.6) is 5.88 Å². The van der Waals surface area contributed by atoms with Gasteiger partial charge in [0.05, 0.1) is 6.61 Å². The molecule has 1 aliphatic heterocycles. The topological polar surface area (TPSA) is 86.8 Å². The van der Waals surface area contributed by atoms with Crippen LogP contribution in [-0.4, -0.2) is 29.5 Å². The zero-order chi connectivity index (χ0) is 13.9. The molecule has 0 aliphatic carbocycles. The number of rotatable bonds is 3. The number of nitrogens with two attached hydrogens (primary N) is 1. The van der Waals surface area contributed by atoms with Crippen molar-refractivity contribution in [3.63, 3.8) is 0 Å². The number of pyridine rings is 1. The van der Waals surface area contributed by atoms with Crippen LogP contribution < -0.4 is 10.5 Å². The maximum Gasteiger partial charge on any atom is 0.405 e. The highest BCUT2D eigenvalue weighted by atomic mass is 16.6. The van der Waals surface area contributed by atoms with Crippen molar-refractivity contribution in [2.45, 2.75) is 32.3 Å². The average Bonchev–Trinajstić information content (AvgIpc) is 2.50. The van der Waals surface area contributed by atoms with Gasteiger partial charge in [0.15, 0.2) is 0 Å². The SMILES string of the molecule is CC(C)(Cc1ccc2c(n1)OCCC=N2)OC(N)=O. The minimum Gasteiger partial charge on any atom is -0.476 e. The third kappa shape index (κ3) is 3.67. The first-order valence-corrected chi connectivity index (χ1v) is 6.10. The number of primary amides is 1. The lowest BCUT2D eigenvalue weighted by Crippen LogP contribution is -2.33. The molecule has 1 aromatic heterocycles. The van der Waals surface area contributed by atoms with Gasteiger partial charge in [-0.3, -0.25) is 4.99 Å². The molecule has 0 atom stereocenters.